The van der Waals surface area contributed by atoms with E-state index in [0.29, 0.717) is 5.92 Å². The second-order valence-corrected chi connectivity index (χ2v) is 4.71. The Morgan fingerprint density at radius 1 is 1.27 bits per heavy atom. The smallest absolute Gasteiger partial charge is 0.309 e. The first-order valence-corrected chi connectivity index (χ1v) is 5.22. The summed E-state index contributed by atoms with van der Waals surface area (Å²) in [6.45, 7) is 4.23. The summed E-state index contributed by atoms with van der Waals surface area (Å²) in [5.74, 6) is 0.241. The van der Waals surface area contributed by atoms with E-state index in [1.54, 1.807) is 0 Å². The third-order valence-corrected chi connectivity index (χ3v) is 3.44. The molecule has 0 heterocycles. The van der Waals surface area contributed by atoms with E-state index in [1.165, 1.54) is 12.7 Å². The summed E-state index contributed by atoms with van der Waals surface area (Å²) >= 11 is 0. The molecule has 2 nitrogen and oxygen atoms in total. The Morgan fingerprint density at radius 2 is 1.87 bits per heavy atom. The largest absolute Gasteiger partial charge is 0.469 e. The van der Waals surface area contributed by atoms with Crippen LogP contribution >= 0.6 is 0 Å². The summed E-state index contributed by atoms with van der Waals surface area (Å²) in [6.07, 6.45) is 0. The number of hydrogen-bond donors (Lipinski definition) is 0. The fourth-order valence-corrected chi connectivity index (χ4v) is 2.49. The van der Waals surface area contributed by atoms with Crippen molar-refractivity contribution in [2.75, 3.05) is 7.11 Å². The number of carbonyl (C=O) groups excluding carboxylic acids is 1. The highest BCUT2D eigenvalue weighted by molar-refractivity contribution is 5.79. The average Bonchev–Trinajstić information content (AvgIpc) is 2.82. The Morgan fingerprint density at radius 3 is 2.40 bits per heavy atom. The minimum Gasteiger partial charge on any atom is -0.469 e. The average molecular weight is 204 g/mol. The number of esters is 1. The standard InChI is InChI=1S/C13H16O2/c1-13(2)10(11(13)12(14)15-3)9-7-5-4-6-8-9/h4-8,10-11H,1-3H3/t10-,11-/m1/s1. The van der Waals surface area contributed by atoms with Crippen LogP contribution in [-0.4, -0.2) is 13.1 Å². The molecule has 2 heteroatoms. The van der Waals surface area contributed by atoms with E-state index in [1.807, 2.05) is 18.2 Å². The zero-order chi connectivity index (χ0) is 11.1. The van der Waals surface area contributed by atoms with E-state index < -0.39 is 0 Å². The second-order valence-electron chi connectivity index (χ2n) is 4.71. The molecule has 0 aromatic heterocycles. The molecule has 0 unspecified atom stereocenters. The van der Waals surface area contributed by atoms with Crippen molar-refractivity contribution in [2.24, 2.45) is 11.3 Å². The van der Waals surface area contributed by atoms with Gasteiger partial charge < -0.3 is 4.74 Å². The molecule has 2 rings (SSSR count). The molecular formula is C13H16O2. The van der Waals surface area contributed by atoms with Gasteiger partial charge in [0.2, 0.25) is 0 Å². The highest BCUT2D eigenvalue weighted by atomic mass is 16.5. The van der Waals surface area contributed by atoms with Crippen LogP contribution in [0, 0.1) is 11.3 Å². The summed E-state index contributed by atoms with van der Waals surface area (Å²) in [6, 6.07) is 10.2. The van der Waals surface area contributed by atoms with Gasteiger partial charge in [-0.05, 0) is 11.0 Å². The van der Waals surface area contributed by atoms with Gasteiger partial charge >= 0.3 is 5.97 Å². The lowest BCUT2D eigenvalue weighted by Crippen LogP contribution is -2.07. The summed E-state index contributed by atoms with van der Waals surface area (Å²) in [5, 5.41) is 0. The molecule has 80 valence electrons. The van der Waals surface area contributed by atoms with Gasteiger partial charge in [-0.15, -0.1) is 0 Å². The summed E-state index contributed by atoms with van der Waals surface area (Å²) in [5.41, 5.74) is 1.27. The minimum absolute atomic E-state index is 0.0184. The molecule has 0 spiro atoms. The Labute approximate surface area is 90.3 Å². The van der Waals surface area contributed by atoms with Crippen molar-refractivity contribution < 1.29 is 9.53 Å². The molecular weight excluding hydrogens is 188 g/mol. The van der Waals surface area contributed by atoms with Crippen molar-refractivity contribution in [3.05, 3.63) is 35.9 Å². The minimum atomic E-state index is -0.0890. The summed E-state index contributed by atoms with van der Waals surface area (Å²) in [7, 11) is 1.46. The zero-order valence-corrected chi connectivity index (χ0v) is 9.36. The van der Waals surface area contributed by atoms with Gasteiger partial charge in [0.05, 0.1) is 13.0 Å². The van der Waals surface area contributed by atoms with Crippen LogP contribution < -0.4 is 0 Å². The van der Waals surface area contributed by atoms with Crippen molar-refractivity contribution in [2.45, 2.75) is 19.8 Å². The van der Waals surface area contributed by atoms with Gasteiger partial charge in [-0.2, -0.15) is 0 Å². The van der Waals surface area contributed by atoms with E-state index in [9.17, 15) is 4.79 Å². The number of hydrogen-bond acceptors (Lipinski definition) is 2. The maximum Gasteiger partial charge on any atom is 0.309 e. The van der Waals surface area contributed by atoms with Crippen LogP contribution in [0.5, 0.6) is 0 Å². The van der Waals surface area contributed by atoms with Crippen LogP contribution in [0.3, 0.4) is 0 Å². The van der Waals surface area contributed by atoms with Gasteiger partial charge in [0.15, 0.2) is 0 Å². The van der Waals surface area contributed by atoms with Crippen molar-refractivity contribution in [3.63, 3.8) is 0 Å². The van der Waals surface area contributed by atoms with Crippen LogP contribution in [-0.2, 0) is 9.53 Å². The number of rotatable bonds is 2. The number of methoxy groups -OCH3 is 1. The highest BCUT2D eigenvalue weighted by Gasteiger charge is 2.62. The third-order valence-electron chi connectivity index (χ3n) is 3.44. The third kappa shape index (κ3) is 1.54. The predicted octanol–water partition coefficient (Wildman–Crippen LogP) is 2.60. The Bertz CT molecular complexity index is 367. The number of benzene rings is 1. The second kappa shape index (κ2) is 3.37. The van der Waals surface area contributed by atoms with Gasteiger partial charge in [-0.1, -0.05) is 44.2 Å². The Hall–Kier alpha value is -1.31. The first kappa shape index (κ1) is 10.2. The van der Waals surface area contributed by atoms with Gasteiger partial charge in [-0.3, -0.25) is 4.79 Å². The molecule has 0 saturated heterocycles. The van der Waals surface area contributed by atoms with Crippen molar-refractivity contribution >= 4 is 5.97 Å². The zero-order valence-electron chi connectivity index (χ0n) is 9.36. The van der Waals surface area contributed by atoms with Gasteiger partial charge in [0.1, 0.15) is 0 Å². The molecule has 1 saturated carbocycles. The maximum absolute atomic E-state index is 11.6. The molecule has 2 atom stereocenters. The molecule has 1 aliphatic rings. The fourth-order valence-electron chi connectivity index (χ4n) is 2.49. The van der Waals surface area contributed by atoms with Crippen LogP contribution in [0.4, 0.5) is 0 Å². The lowest BCUT2D eigenvalue weighted by Gasteiger charge is -2.01. The Kier molecular flexibility index (Phi) is 2.29. The Balaban J connectivity index is 2.23. The fraction of sp³-hybridized carbons (Fsp3) is 0.462. The number of ether oxygens (including phenoxy) is 1. The molecule has 0 radical (unpaired) electrons. The molecule has 0 N–H and O–H groups in total. The maximum atomic E-state index is 11.6. The van der Waals surface area contributed by atoms with Crippen LogP contribution in [0.1, 0.15) is 25.3 Å². The number of carbonyl (C=O) groups is 1. The lowest BCUT2D eigenvalue weighted by atomic mass is 10.0. The predicted molar refractivity (Wildman–Crippen MR) is 58.5 cm³/mol. The quantitative estimate of drug-likeness (QED) is 0.692. The van der Waals surface area contributed by atoms with E-state index in [2.05, 4.69) is 26.0 Å². The normalized spacial score (nSPS) is 27.1. The topological polar surface area (TPSA) is 26.3 Å². The molecule has 1 aromatic rings. The molecule has 1 aliphatic carbocycles. The van der Waals surface area contributed by atoms with Crippen LogP contribution in [0.25, 0.3) is 0 Å². The van der Waals surface area contributed by atoms with Crippen molar-refractivity contribution in [1.82, 2.24) is 0 Å². The van der Waals surface area contributed by atoms with Crippen molar-refractivity contribution in [1.29, 1.82) is 0 Å². The summed E-state index contributed by atoms with van der Waals surface area (Å²) in [4.78, 5) is 11.6. The van der Waals surface area contributed by atoms with E-state index in [-0.39, 0.29) is 17.3 Å². The molecule has 0 bridgehead atoms. The summed E-state index contributed by atoms with van der Waals surface area (Å²) < 4.78 is 4.82. The monoisotopic (exact) mass is 204 g/mol. The van der Waals surface area contributed by atoms with Gasteiger partial charge in [0, 0.05) is 5.92 Å². The van der Waals surface area contributed by atoms with Crippen LogP contribution in [0.2, 0.25) is 0 Å². The molecule has 0 aliphatic heterocycles. The first-order valence-electron chi connectivity index (χ1n) is 5.22. The molecule has 0 amide bonds. The van der Waals surface area contributed by atoms with Gasteiger partial charge in [-0.25, -0.2) is 0 Å². The molecule has 1 aromatic carbocycles. The first-order chi connectivity index (χ1) is 7.09. The highest BCUT2D eigenvalue weighted by Crippen LogP contribution is 2.64. The van der Waals surface area contributed by atoms with E-state index >= 15 is 0 Å². The van der Waals surface area contributed by atoms with Crippen molar-refractivity contribution in [3.8, 4) is 0 Å². The van der Waals surface area contributed by atoms with E-state index in [4.69, 9.17) is 4.74 Å². The van der Waals surface area contributed by atoms with E-state index in [0.717, 1.165) is 0 Å². The SMILES string of the molecule is COC(=O)[C@H]1[C@@H](c2ccccc2)C1(C)C. The lowest BCUT2D eigenvalue weighted by molar-refractivity contribution is -0.143. The molecule has 1 fully saturated rings. The van der Waals surface area contributed by atoms with Gasteiger partial charge in [0.25, 0.3) is 0 Å². The molecule has 15 heavy (non-hydrogen) atoms. The van der Waals surface area contributed by atoms with Crippen LogP contribution in [0.15, 0.2) is 30.3 Å².